The molecule has 2 amide bonds. The van der Waals surface area contributed by atoms with Gasteiger partial charge in [-0.15, -0.1) is 0 Å². The van der Waals surface area contributed by atoms with Gasteiger partial charge in [-0.2, -0.15) is 10.2 Å². The zero-order valence-corrected chi connectivity index (χ0v) is 18.1. The van der Waals surface area contributed by atoms with Crippen molar-refractivity contribution < 1.29 is 4.79 Å². The molecule has 0 spiro atoms. The summed E-state index contributed by atoms with van der Waals surface area (Å²) >= 11 is 4.94. The van der Waals surface area contributed by atoms with Crippen LogP contribution in [0.3, 0.4) is 0 Å². The lowest BCUT2D eigenvalue weighted by atomic mass is 9.47. The van der Waals surface area contributed by atoms with Gasteiger partial charge in [0.15, 0.2) is 5.11 Å². The van der Waals surface area contributed by atoms with Crippen molar-refractivity contribution in [1.29, 1.82) is 0 Å². The molecule has 0 aromatic heterocycles. The van der Waals surface area contributed by atoms with Gasteiger partial charge in [0, 0.05) is 11.1 Å². The van der Waals surface area contributed by atoms with Gasteiger partial charge in [-0.25, -0.2) is 10.2 Å². The van der Waals surface area contributed by atoms with E-state index in [1.807, 2.05) is 0 Å². The van der Waals surface area contributed by atoms with E-state index in [9.17, 15) is 4.79 Å². The SMILES string of the molecule is C[C@]12CC/C(=N\NC(N)=O)C=C1CC[C@H]1[C@H]3CC/C(=N\NC(N)=S)[C@@]3(C)CC[C@@H]12. The van der Waals surface area contributed by atoms with Gasteiger partial charge in [-0.1, -0.05) is 19.4 Å². The number of nitrogens with two attached hydrogens (primary N) is 2. The summed E-state index contributed by atoms with van der Waals surface area (Å²) in [6.07, 6.45) is 11.2. The zero-order chi connectivity index (χ0) is 20.8. The normalized spacial score (nSPS) is 41.2. The van der Waals surface area contributed by atoms with Crippen LogP contribution in [0.15, 0.2) is 21.9 Å². The van der Waals surface area contributed by atoms with Crippen LogP contribution in [0.4, 0.5) is 4.79 Å². The summed E-state index contributed by atoms with van der Waals surface area (Å²) in [5, 5.41) is 9.02. The number of hydrazone groups is 2. The second-order valence-electron chi connectivity index (χ2n) is 9.61. The predicted octanol–water partition coefficient (Wildman–Crippen LogP) is 3.16. The first kappa shape index (κ1) is 20.3. The Balaban J connectivity index is 1.57. The Morgan fingerprint density at radius 1 is 1.03 bits per heavy atom. The maximum Gasteiger partial charge on any atom is 0.332 e. The number of hydrogen-bond acceptors (Lipinski definition) is 4. The van der Waals surface area contributed by atoms with E-state index < -0.39 is 6.03 Å². The number of fused-ring (bicyclic) bond motifs is 5. The lowest BCUT2D eigenvalue weighted by Gasteiger charge is -2.57. The van der Waals surface area contributed by atoms with Crippen LogP contribution in [-0.2, 0) is 0 Å². The molecule has 6 N–H and O–H groups in total. The number of primary amides is 1. The predicted molar refractivity (Wildman–Crippen MR) is 119 cm³/mol. The highest BCUT2D eigenvalue weighted by atomic mass is 32.1. The maximum absolute atomic E-state index is 11.0. The number of amides is 2. The Labute approximate surface area is 177 Å². The van der Waals surface area contributed by atoms with Crippen molar-refractivity contribution in [2.24, 2.45) is 50.3 Å². The summed E-state index contributed by atoms with van der Waals surface area (Å²) in [7, 11) is 0. The first-order valence-electron chi connectivity index (χ1n) is 10.7. The van der Waals surface area contributed by atoms with E-state index in [2.05, 4.69) is 41.0 Å². The van der Waals surface area contributed by atoms with Gasteiger partial charge in [0.25, 0.3) is 0 Å². The topological polar surface area (TPSA) is 118 Å². The van der Waals surface area contributed by atoms with Crippen LogP contribution in [0.5, 0.6) is 0 Å². The average molecular weight is 417 g/mol. The van der Waals surface area contributed by atoms with Crippen LogP contribution < -0.4 is 22.3 Å². The Kier molecular flexibility index (Phi) is 5.17. The standard InChI is InChI=1S/C21H32N6OS/c1-20-9-7-13(24-26-18(22)28)11-12(20)3-4-14-15-5-6-17(25-27-19(23)29)21(15,2)10-8-16(14)20/h11,14-16H,3-10H2,1-2H3,(H3,22,26,28)(H3,23,27,29)/b24-13+,25-17+/t14-,15+,16-,20-,21-/m0/s1. The minimum atomic E-state index is -0.608. The molecule has 5 atom stereocenters. The van der Waals surface area contributed by atoms with Gasteiger partial charge < -0.3 is 11.5 Å². The number of allylic oxidation sites excluding steroid dienone is 2. The molecular formula is C21H32N6OS. The van der Waals surface area contributed by atoms with Crippen LogP contribution in [0.2, 0.25) is 0 Å². The molecule has 0 saturated heterocycles. The minimum absolute atomic E-state index is 0.156. The number of nitrogens with zero attached hydrogens (tertiary/aromatic N) is 2. The number of carbonyl (C=O) groups excluding carboxylic acids is 1. The lowest BCUT2D eigenvalue weighted by Crippen LogP contribution is -2.50. The Morgan fingerprint density at radius 3 is 2.52 bits per heavy atom. The van der Waals surface area contributed by atoms with E-state index in [1.165, 1.54) is 37.0 Å². The summed E-state index contributed by atoms with van der Waals surface area (Å²) in [5.74, 6) is 2.11. The van der Waals surface area contributed by atoms with Crippen LogP contribution in [0.1, 0.15) is 65.2 Å². The molecule has 0 aromatic carbocycles. The van der Waals surface area contributed by atoms with E-state index in [0.717, 1.165) is 37.3 Å². The molecule has 4 aliphatic rings. The first-order chi connectivity index (χ1) is 13.7. The van der Waals surface area contributed by atoms with Crippen molar-refractivity contribution in [1.82, 2.24) is 10.9 Å². The number of rotatable bonds is 2. The van der Waals surface area contributed by atoms with E-state index in [1.54, 1.807) is 0 Å². The molecule has 0 unspecified atom stereocenters. The Hall–Kier alpha value is -1.96. The molecule has 0 radical (unpaired) electrons. The van der Waals surface area contributed by atoms with Crippen molar-refractivity contribution in [3.8, 4) is 0 Å². The molecule has 3 fully saturated rings. The zero-order valence-electron chi connectivity index (χ0n) is 17.3. The molecule has 0 heterocycles. The highest BCUT2D eigenvalue weighted by Gasteiger charge is 2.58. The fourth-order valence-corrected chi connectivity index (χ4v) is 6.93. The number of carbonyl (C=O) groups is 1. The monoisotopic (exact) mass is 416 g/mol. The molecule has 29 heavy (non-hydrogen) atoms. The quantitative estimate of drug-likeness (QED) is 0.408. The molecule has 0 bridgehead atoms. The minimum Gasteiger partial charge on any atom is -0.375 e. The highest BCUT2D eigenvalue weighted by Crippen LogP contribution is 2.64. The summed E-state index contributed by atoms with van der Waals surface area (Å²) in [5.41, 5.74) is 20.0. The van der Waals surface area contributed by atoms with E-state index in [0.29, 0.717) is 11.8 Å². The molecule has 4 rings (SSSR count). The summed E-state index contributed by atoms with van der Waals surface area (Å²) in [6, 6.07) is -0.608. The third-order valence-electron chi connectivity index (χ3n) is 8.33. The van der Waals surface area contributed by atoms with Crippen LogP contribution in [0.25, 0.3) is 0 Å². The summed E-state index contributed by atoms with van der Waals surface area (Å²) in [4.78, 5) is 11.0. The molecule has 0 aromatic rings. The second-order valence-corrected chi connectivity index (χ2v) is 10.1. The highest BCUT2D eigenvalue weighted by molar-refractivity contribution is 7.80. The third-order valence-corrected chi connectivity index (χ3v) is 8.42. The molecule has 4 aliphatic carbocycles. The van der Waals surface area contributed by atoms with Gasteiger partial charge in [0.2, 0.25) is 0 Å². The maximum atomic E-state index is 11.0. The smallest absolute Gasteiger partial charge is 0.332 e. The first-order valence-corrected chi connectivity index (χ1v) is 11.1. The molecule has 7 nitrogen and oxygen atoms in total. The van der Waals surface area contributed by atoms with Gasteiger partial charge in [-0.05, 0) is 92.8 Å². The lowest BCUT2D eigenvalue weighted by molar-refractivity contribution is -0.0155. The molecule has 158 valence electrons. The average Bonchev–Trinajstić information content (AvgIpc) is 3.01. The van der Waals surface area contributed by atoms with E-state index in [-0.39, 0.29) is 15.9 Å². The van der Waals surface area contributed by atoms with Crippen molar-refractivity contribution in [2.45, 2.75) is 65.2 Å². The Bertz CT molecular complexity index is 820. The summed E-state index contributed by atoms with van der Waals surface area (Å²) < 4.78 is 0. The molecule has 3 saturated carbocycles. The number of hydrogen-bond donors (Lipinski definition) is 4. The van der Waals surface area contributed by atoms with Crippen LogP contribution in [-0.4, -0.2) is 22.6 Å². The number of urea groups is 1. The van der Waals surface area contributed by atoms with Crippen molar-refractivity contribution in [2.75, 3.05) is 0 Å². The second kappa shape index (κ2) is 7.38. The molecule has 8 heteroatoms. The van der Waals surface area contributed by atoms with E-state index in [4.69, 9.17) is 23.7 Å². The largest absolute Gasteiger partial charge is 0.375 e. The Morgan fingerprint density at radius 2 is 1.79 bits per heavy atom. The van der Waals surface area contributed by atoms with Gasteiger partial charge in [0.1, 0.15) is 0 Å². The van der Waals surface area contributed by atoms with Gasteiger partial charge in [-0.3, -0.25) is 5.43 Å². The molecule has 0 aliphatic heterocycles. The van der Waals surface area contributed by atoms with Crippen LogP contribution in [0, 0.1) is 28.6 Å². The number of nitrogens with one attached hydrogen (secondary N) is 2. The van der Waals surface area contributed by atoms with Gasteiger partial charge in [0.05, 0.1) is 5.71 Å². The van der Waals surface area contributed by atoms with Gasteiger partial charge >= 0.3 is 6.03 Å². The fraction of sp³-hybridized carbons (Fsp3) is 0.714. The number of thiocarbonyl (C=S) groups is 1. The van der Waals surface area contributed by atoms with Crippen molar-refractivity contribution >= 4 is 34.8 Å². The fourth-order valence-electron chi connectivity index (χ4n) is 6.88. The van der Waals surface area contributed by atoms with Crippen LogP contribution >= 0.6 is 12.2 Å². The molecular weight excluding hydrogens is 384 g/mol. The summed E-state index contributed by atoms with van der Waals surface area (Å²) in [6.45, 7) is 4.85. The van der Waals surface area contributed by atoms with Crippen molar-refractivity contribution in [3.05, 3.63) is 11.6 Å². The van der Waals surface area contributed by atoms with E-state index >= 15 is 0 Å². The third kappa shape index (κ3) is 3.45. The van der Waals surface area contributed by atoms with Crippen molar-refractivity contribution in [3.63, 3.8) is 0 Å².